The fourth-order valence-electron chi connectivity index (χ4n) is 1.54. The second-order valence-electron chi connectivity index (χ2n) is 4.48. The molecule has 3 nitrogen and oxygen atoms in total. The molecule has 2 rings (SSSR count). The predicted octanol–water partition coefficient (Wildman–Crippen LogP) is 4.81. The van der Waals surface area contributed by atoms with E-state index < -0.39 is 26.8 Å². The average molecular weight is 458 g/mol. The molecule has 0 amide bonds. The van der Waals surface area contributed by atoms with Crippen LogP contribution >= 0.6 is 22.6 Å². The van der Waals surface area contributed by atoms with Crippen molar-refractivity contribution >= 4 is 32.7 Å². The van der Waals surface area contributed by atoms with Gasteiger partial charge in [0.15, 0.2) is 0 Å². The van der Waals surface area contributed by atoms with E-state index in [1.54, 1.807) is 0 Å². The van der Waals surface area contributed by atoms with Gasteiger partial charge >= 0.3 is 6.18 Å². The van der Waals surface area contributed by atoms with E-state index >= 15 is 0 Å². The molecule has 2 aromatic carbocycles. The minimum absolute atomic E-state index is 0.564. The molecular formula is C15H14F3IO3S. The Hall–Kier alpha value is -1.13. The Kier molecular flexibility index (Phi) is 7.02. The van der Waals surface area contributed by atoms with Gasteiger partial charge in [0, 0.05) is 3.57 Å². The summed E-state index contributed by atoms with van der Waals surface area (Å²) in [5, 5.41) is 0. The zero-order chi connectivity index (χ0) is 17.7. The van der Waals surface area contributed by atoms with Crippen LogP contribution in [0.1, 0.15) is 18.1 Å². The Bertz CT molecular complexity index is 724. The second kappa shape index (κ2) is 8.11. The SMILES string of the molecule is CCc1ccc(I)cc1.O=S(=O)(O)c1ccc(C(F)(F)F)cc1. The second-order valence-corrected chi connectivity index (χ2v) is 7.14. The smallest absolute Gasteiger partial charge is 0.282 e. The molecule has 8 heteroatoms. The zero-order valence-electron chi connectivity index (χ0n) is 12.0. The zero-order valence-corrected chi connectivity index (χ0v) is 15.0. The van der Waals surface area contributed by atoms with Crippen molar-refractivity contribution in [2.24, 2.45) is 0 Å². The average Bonchev–Trinajstić information content (AvgIpc) is 2.47. The van der Waals surface area contributed by atoms with Gasteiger partial charge in [-0.25, -0.2) is 0 Å². The lowest BCUT2D eigenvalue weighted by molar-refractivity contribution is -0.137. The topological polar surface area (TPSA) is 54.4 Å². The number of hydrogen-bond acceptors (Lipinski definition) is 2. The summed E-state index contributed by atoms with van der Waals surface area (Å²) in [4.78, 5) is -0.564. The van der Waals surface area contributed by atoms with Crippen molar-refractivity contribution in [1.82, 2.24) is 0 Å². The molecule has 0 heterocycles. The van der Waals surface area contributed by atoms with Crippen molar-refractivity contribution in [3.8, 4) is 0 Å². The van der Waals surface area contributed by atoms with Crippen molar-refractivity contribution < 1.29 is 26.1 Å². The number of benzene rings is 2. The van der Waals surface area contributed by atoms with Gasteiger partial charge in [0.25, 0.3) is 10.1 Å². The maximum absolute atomic E-state index is 12.0. The molecule has 0 unspecified atom stereocenters. The van der Waals surface area contributed by atoms with Crippen LogP contribution in [0.4, 0.5) is 13.2 Å². The van der Waals surface area contributed by atoms with Crippen molar-refractivity contribution in [2.75, 3.05) is 0 Å². The molecule has 0 aliphatic heterocycles. The maximum atomic E-state index is 12.0. The molecule has 0 saturated heterocycles. The van der Waals surface area contributed by atoms with Crippen molar-refractivity contribution in [2.45, 2.75) is 24.4 Å². The molecule has 23 heavy (non-hydrogen) atoms. The van der Waals surface area contributed by atoms with E-state index in [1.165, 1.54) is 9.13 Å². The third kappa shape index (κ3) is 6.88. The van der Waals surface area contributed by atoms with Gasteiger partial charge in [-0.15, -0.1) is 0 Å². The number of aryl methyl sites for hydroxylation is 1. The maximum Gasteiger partial charge on any atom is 0.416 e. The molecule has 0 atom stereocenters. The third-order valence-electron chi connectivity index (χ3n) is 2.80. The van der Waals surface area contributed by atoms with E-state index in [-0.39, 0.29) is 0 Å². The minimum atomic E-state index is -4.52. The molecule has 2 aromatic rings. The lowest BCUT2D eigenvalue weighted by atomic mass is 10.2. The van der Waals surface area contributed by atoms with Crippen molar-refractivity contribution in [3.63, 3.8) is 0 Å². The van der Waals surface area contributed by atoms with Crippen LogP contribution in [0.5, 0.6) is 0 Å². The Morgan fingerprint density at radius 3 is 1.83 bits per heavy atom. The van der Waals surface area contributed by atoms with Crippen LogP contribution in [-0.4, -0.2) is 13.0 Å². The standard InChI is InChI=1S/C8H9I.C7H5F3O3S/c1-2-7-3-5-8(9)6-4-7;8-7(9,10)5-1-3-6(4-2-5)14(11,12)13/h3-6H,2H2,1H3;1-4H,(H,11,12,13). The summed E-state index contributed by atoms with van der Waals surface area (Å²) in [6.45, 7) is 2.17. The Balaban J connectivity index is 0.000000253. The van der Waals surface area contributed by atoms with Gasteiger partial charge < -0.3 is 0 Å². The lowest BCUT2D eigenvalue weighted by Crippen LogP contribution is -2.05. The van der Waals surface area contributed by atoms with E-state index in [2.05, 4.69) is 53.8 Å². The van der Waals surface area contributed by atoms with E-state index in [4.69, 9.17) is 4.55 Å². The van der Waals surface area contributed by atoms with Crippen LogP contribution in [0.2, 0.25) is 0 Å². The Labute approximate surface area is 146 Å². The highest BCUT2D eigenvalue weighted by Crippen LogP contribution is 2.29. The summed E-state index contributed by atoms with van der Waals surface area (Å²) in [5.74, 6) is 0. The first kappa shape index (κ1) is 19.9. The van der Waals surface area contributed by atoms with E-state index in [0.717, 1.165) is 6.42 Å². The Morgan fingerprint density at radius 2 is 1.48 bits per heavy atom. The predicted molar refractivity (Wildman–Crippen MR) is 89.8 cm³/mol. The largest absolute Gasteiger partial charge is 0.416 e. The fourth-order valence-corrected chi connectivity index (χ4v) is 2.38. The number of rotatable bonds is 2. The molecule has 0 radical (unpaired) electrons. The molecule has 0 saturated carbocycles. The molecule has 0 aliphatic carbocycles. The van der Waals surface area contributed by atoms with Crippen LogP contribution in [0.15, 0.2) is 53.4 Å². The van der Waals surface area contributed by atoms with Gasteiger partial charge in [-0.3, -0.25) is 4.55 Å². The van der Waals surface area contributed by atoms with Crippen molar-refractivity contribution in [1.29, 1.82) is 0 Å². The molecule has 0 bridgehead atoms. The molecular weight excluding hydrogens is 444 g/mol. The minimum Gasteiger partial charge on any atom is -0.282 e. The first-order valence-corrected chi connectivity index (χ1v) is 8.95. The molecule has 0 aromatic heterocycles. The van der Waals surface area contributed by atoms with Gasteiger partial charge in [-0.1, -0.05) is 19.1 Å². The molecule has 0 fully saturated rings. The number of alkyl halides is 3. The molecule has 0 aliphatic rings. The van der Waals surface area contributed by atoms with E-state index in [0.29, 0.717) is 24.3 Å². The summed E-state index contributed by atoms with van der Waals surface area (Å²) < 4.78 is 66.7. The number of hydrogen-bond donors (Lipinski definition) is 1. The van der Waals surface area contributed by atoms with Crippen LogP contribution < -0.4 is 0 Å². The van der Waals surface area contributed by atoms with Gasteiger partial charge in [-0.05, 0) is 71.0 Å². The first-order chi connectivity index (χ1) is 10.5. The quantitative estimate of drug-likeness (QED) is 0.520. The van der Waals surface area contributed by atoms with Crippen molar-refractivity contribution in [3.05, 3.63) is 63.2 Å². The van der Waals surface area contributed by atoms with Crippen LogP contribution in [0.25, 0.3) is 0 Å². The highest BCUT2D eigenvalue weighted by Gasteiger charge is 2.30. The highest BCUT2D eigenvalue weighted by atomic mass is 127. The fraction of sp³-hybridized carbons (Fsp3) is 0.200. The van der Waals surface area contributed by atoms with E-state index in [9.17, 15) is 21.6 Å². The van der Waals surface area contributed by atoms with Crippen LogP contribution in [0, 0.1) is 3.57 Å². The lowest BCUT2D eigenvalue weighted by Gasteiger charge is -2.05. The summed E-state index contributed by atoms with van der Waals surface area (Å²) in [6, 6.07) is 11.2. The summed E-state index contributed by atoms with van der Waals surface area (Å²) in [7, 11) is -4.43. The van der Waals surface area contributed by atoms with Gasteiger partial charge in [0.2, 0.25) is 0 Å². The molecule has 1 N–H and O–H groups in total. The summed E-state index contributed by atoms with van der Waals surface area (Å²) >= 11 is 2.31. The first-order valence-electron chi connectivity index (χ1n) is 6.43. The van der Waals surface area contributed by atoms with E-state index in [1.807, 2.05) is 0 Å². The highest BCUT2D eigenvalue weighted by molar-refractivity contribution is 14.1. The van der Waals surface area contributed by atoms with Gasteiger partial charge in [-0.2, -0.15) is 21.6 Å². The molecule has 126 valence electrons. The van der Waals surface area contributed by atoms with Crippen LogP contribution in [-0.2, 0) is 22.7 Å². The summed E-state index contributed by atoms with van der Waals surface area (Å²) in [6.07, 6.45) is -3.38. The monoisotopic (exact) mass is 458 g/mol. The number of halogens is 4. The van der Waals surface area contributed by atoms with Crippen LogP contribution in [0.3, 0.4) is 0 Å². The van der Waals surface area contributed by atoms with Gasteiger partial charge in [0.1, 0.15) is 0 Å². The van der Waals surface area contributed by atoms with Gasteiger partial charge in [0.05, 0.1) is 10.5 Å². The third-order valence-corrected chi connectivity index (χ3v) is 4.39. The normalized spacial score (nSPS) is 11.6. The summed E-state index contributed by atoms with van der Waals surface area (Å²) in [5.41, 5.74) is 0.445. The Morgan fingerprint density at radius 1 is 1.00 bits per heavy atom. The molecule has 0 spiro atoms.